The molecule has 1 aliphatic rings. The number of pyridine rings is 1. The van der Waals surface area contributed by atoms with E-state index in [1.54, 1.807) is 11.0 Å². The fourth-order valence-corrected chi connectivity index (χ4v) is 3.77. The number of carbonyl (C=O) groups excluding carboxylic acids is 1. The number of benzene rings is 1. The van der Waals surface area contributed by atoms with E-state index in [0.717, 1.165) is 4.68 Å². The van der Waals surface area contributed by atoms with Crippen molar-refractivity contribution in [2.75, 3.05) is 31.6 Å². The third kappa shape index (κ3) is 5.47. The second kappa shape index (κ2) is 8.69. The van der Waals surface area contributed by atoms with Gasteiger partial charge in [-0.1, -0.05) is 6.07 Å². The van der Waals surface area contributed by atoms with Gasteiger partial charge in [-0.3, -0.25) is 14.5 Å². The van der Waals surface area contributed by atoms with E-state index in [1.165, 1.54) is 30.5 Å². The predicted molar refractivity (Wildman–Crippen MR) is 120 cm³/mol. The Balaban J connectivity index is 1.72. The number of anilines is 2. The molecular weight excluding hydrogens is 440 g/mol. The number of hydrogen-bond donors (Lipinski definition) is 1. The van der Waals surface area contributed by atoms with Gasteiger partial charge in [-0.25, -0.2) is 4.39 Å². The van der Waals surface area contributed by atoms with Gasteiger partial charge in [0.2, 0.25) is 0 Å². The third-order valence-electron chi connectivity index (χ3n) is 5.18. The number of alkyl halides is 3. The Bertz CT molecular complexity index is 1180. The van der Waals surface area contributed by atoms with E-state index < -0.39 is 24.4 Å². The van der Waals surface area contributed by atoms with Crippen molar-refractivity contribution < 1.29 is 27.1 Å². The molecule has 3 aromatic rings. The zero-order valence-electron chi connectivity index (χ0n) is 18.1. The highest BCUT2D eigenvalue weighted by molar-refractivity contribution is 6.40. The molecule has 0 radical (unpaired) electrons. The van der Waals surface area contributed by atoms with Gasteiger partial charge < -0.3 is 15.0 Å². The number of amides is 1. The molecule has 7 nitrogen and oxygen atoms in total. The smallest absolute Gasteiger partial charge is 0.380 e. The van der Waals surface area contributed by atoms with E-state index in [-0.39, 0.29) is 27.6 Å². The Kier molecular flexibility index (Phi) is 6.08. The quantitative estimate of drug-likeness (QED) is 0.474. The molecule has 13 heteroatoms. The van der Waals surface area contributed by atoms with Gasteiger partial charge in [0.05, 0.1) is 17.5 Å². The molecule has 1 aromatic carbocycles. The maximum Gasteiger partial charge on any atom is 0.408 e. The summed E-state index contributed by atoms with van der Waals surface area (Å²) < 4.78 is 59.5. The van der Waals surface area contributed by atoms with Crippen molar-refractivity contribution in [3.63, 3.8) is 0 Å². The first-order valence-electron chi connectivity index (χ1n) is 10.3. The number of nitrogens with zero attached hydrogens (tertiary/aromatic N) is 4. The summed E-state index contributed by atoms with van der Waals surface area (Å²) in [7, 11) is 3.94. The van der Waals surface area contributed by atoms with E-state index >= 15 is 0 Å². The van der Waals surface area contributed by atoms with Crippen LogP contribution in [-0.4, -0.2) is 73.7 Å². The van der Waals surface area contributed by atoms with E-state index in [4.69, 9.17) is 4.74 Å². The maximum atomic E-state index is 13.5. The maximum absolute atomic E-state index is 13.5. The second-order valence-corrected chi connectivity index (χ2v) is 8.79. The van der Waals surface area contributed by atoms with Crippen molar-refractivity contribution in [3.05, 3.63) is 48.0 Å². The fraction of sp³-hybridized carbons (Fsp3) is 0.350. The Morgan fingerprint density at radius 3 is 2.79 bits per heavy atom. The van der Waals surface area contributed by atoms with Crippen LogP contribution in [0.15, 0.2) is 36.5 Å². The van der Waals surface area contributed by atoms with Crippen LogP contribution in [0.5, 0.6) is 0 Å². The highest BCUT2D eigenvalue weighted by Crippen LogP contribution is 2.29. The number of aromatic nitrogens is 3. The summed E-state index contributed by atoms with van der Waals surface area (Å²) in [5, 5.41) is 6.87. The third-order valence-corrected chi connectivity index (χ3v) is 5.18. The van der Waals surface area contributed by atoms with Gasteiger partial charge >= 0.3 is 6.18 Å². The summed E-state index contributed by atoms with van der Waals surface area (Å²) >= 11 is 0. The first kappa shape index (κ1) is 23.1. The van der Waals surface area contributed by atoms with Crippen LogP contribution in [0.25, 0.3) is 10.9 Å². The molecule has 1 amide bonds. The number of rotatable bonds is 4. The molecule has 0 unspecified atom stereocenters. The highest BCUT2D eigenvalue weighted by atomic mass is 19.4. The molecule has 0 atom stereocenters. The first-order chi connectivity index (χ1) is 15.5. The molecule has 0 bridgehead atoms. The fourth-order valence-electron chi connectivity index (χ4n) is 3.77. The average molecular weight is 461 g/mol. The minimum absolute atomic E-state index is 0.0147. The summed E-state index contributed by atoms with van der Waals surface area (Å²) in [4.78, 5) is 18.9. The average Bonchev–Trinajstić information content (AvgIpc) is 2.92. The molecular formula is C20H21B2F4N5O2. The van der Waals surface area contributed by atoms with Crippen LogP contribution in [0.4, 0.5) is 29.1 Å². The Morgan fingerprint density at radius 2 is 2.06 bits per heavy atom. The van der Waals surface area contributed by atoms with Crippen LogP contribution < -0.4 is 5.32 Å². The Labute approximate surface area is 188 Å². The molecule has 2 aromatic heterocycles. The van der Waals surface area contributed by atoms with Crippen LogP contribution >= 0.6 is 0 Å². The van der Waals surface area contributed by atoms with Gasteiger partial charge in [0.1, 0.15) is 33.7 Å². The summed E-state index contributed by atoms with van der Waals surface area (Å²) in [5.41, 5.74) is 0.427. The summed E-state index contributed by atoms with van der Waals surface area (Å²) in [6.07, 6.45) is -3.22. The van der Waals surface area contributed by atoms with Crippen molar-refractivity contribution in [1.82, 2.24) is 19.7 Å². The van der Waals surface area contributed by atoms with Crippen LogP contribution in [0.1, 0.15) is 10.5 Å². The monoisotopic (exact) mass is 461 g/mol. The number of carbonyl (C=O) groups is 1. The molecule has 0 saturated carbocycles. The molecule has 1 fully saturated rings. The molecule has 0 spiro atoms. The normalized spacial score (nSPS) is 16.5. The lowest BCUT2D eigenvalue weighted by molar-refractivity contribution is -0.141. The molecule has 1 saturated heterocycles. The standard InChI is InChI=1S/C20H21B2F4N5O2/c21-19(22)9-30(4-5-33-11-19)18(32)15-7-16-14(8-27-15)17(29-31(16)10-20(24,25)26)28-13-3-1-2-12(23)6-13/h1-3,6-8H,4-5,9-11,21-22H2,(H,28,29). The van der Waals surface area contributed by atoms with Crippen molar-refractivity contribution >= 4 is 44.0 Å². The van der Waals surface area contributed by atoms with Crippen LogP contribution in [0.2, 0.25) is 5.21 Å². The summed E-state index contributed by atoms with van der Waals surface area (Å²) in [6, 6.07) is 6.79. The minimum Gasteiger partial charge on any atom is -0.380 e. The molecule has 4 rings (SSSR count). The predicted octanol–water partition coefficient (Wildman–Crippen LogP) is 1.73. The molecule has 172 valence electrons. The van der Waals surface area contributed by atoms with E-state index in [2.05, 4.69) is 15.4 Å². The largest absolute Gasteiger partial charge is 0.408 e. The molecule has 1 aliphatic heterocycles. The van der Waals surface area contributed by atoms with Crippen molar-refractivity contribution in [2.24, 2.45) is 0 Å². The van der Waals surface area contributed by atoms with E-state index in [9.17, 15) is 22.4 Å². The molecule has 33 heavy (non-hydrogen) atoms. The highest BCUT2D eigenvalue weighted by Gasteiger charge is 2.32. The van der Waals surface area contributed by atoms with Crippen LogP contribution in [0.3, 0.4) is 0 Å². The number of halogens is 4. The zero-order chi connectivity index (χ0) is 23.8. The Morgan fingerprint density at radius 1 is 1.27 bits per heavy atom. The number of nitrogens with one attached hydrogen (secondary N) is 1. The van der Waals surface area contributed by atoms with Crippen LogP contribution in [-0.2, 0) is 11.3 Å². The van der Waals surface area contributed by atoms with Gasteiger partial charge in [0, 0.05) is 31.6 Å². The van der Waals surface area contributed by atoms with Gasteiger partial charge in [-0.15, -0.1) is 0 Å². The van der Waals surface area contributed by atoms with E-state index in [1.807, 2.05) is 15.7 Å². The SMILES string of the molecule is BC1(B)COCCN(C(=O)c2cc3c(cn2)c(Nc2cccc(F)c2)nn3CC(F)(F)F)C1. The van der Waals surface area contributed by atoms with Crippen molar-refractivity contribution in [3.8, 4) is 0 Å². The van der Waals surface area contributed by atoms with Crippen LogP contribution in [0, 0.1) is 5.82 Å². The lowest BCUT2D eigenvalue weighted by Gasteiger charge is -2.28. The van der Waals surface area contributed by atoms with Gasteiger partial charge in [-0.05, 0) is 29.5 Å². The molecule has 0 aliphatic carbocycles. The molecule has 1 N–H and O–H groups in total. The zero-order valence-corrected chi connectivity index (χ0v) is 18.1. The lowest BCUT2D eigenvalue weighted by Crippen LogP contribution is -2.39. The van der Waals surface area contributed by atoms with Crippen molar-refractivity contribution in [2.45, 2.75) is 17.9 Å². The van der Waals surface area contributed by atoms with Gasteiger partial charge in [-0.2, -0.15) is 18.3 Å². The second-order valence-electron chi connectivity index (χ2n) is 8.79. The Hall–Kier alpha value is -3.08. The topological polar surface area (TPSA) is 72.3 Å². The summed E-state index contributed by atoms with van der Waals surface area (Å²) in [5.74, 6) is -0.820. The van der Waals surface area contributed by atoms with E-state index in [0.29, 0.717) is 32.0 Å². The summed E-state index contributed by atoms with van der Waals surface area (Å²) in [6.45, 7) is 0.300. The number of ether oxygens (including phenoxy) is 1. The van der Waals surface area contributed by atoms with Crippen molar-refractivity contribution in [1.29, 1.82) is 0 Å². The first-order valence-corrected chi connectivity index (χ1v) is 10.3. The minimum atomic E-state index is -4.53. The van der Waals surface area contributed by atoms with Gasteiger partial charge in [0.15, 0.2) is 5.82 Å². The lowest BCUT2D eigenvalue weighted by atomic mass is 9.55. The van der Waals surface area contributed by atoms with Gasteiger partial charge in [0.25, 0.3) is 5.91 Å². The number of hydrogen-bond acceptors (Lipinski definition) is 5. The number of fused-ring (bicyclic) bond motifs is 1. The molecule has 3 heterocycles.